The number of anilines is 1. The van der Waals surface area contributed by atoms with E-state index in [0.29, 0.717) is 0 Å². The number of piperazine rings is 1. The molecular weight excluding hydrogens is 286 g/mol. The van der Waals surface area contributed by atoms with Gasteiger partial charge in [-0.25, -0.2) is 0 Å². The van der Waals surface area contributed by atoms with Crippen molar-refractivity contribution in [3.63, 3.8) is 0 Å². The maximum atomic E-state index is 5.18. The van der Waals surface area contributed by atoms with Gasteiger partial charge in [0.25, 0.3) is 0 Å². The molecule has 2 aliphatic rings. The number of rotatable bonds is 3. The third-order valence-corrected chi connectivity index (χ3v) is 5.55. The second-order valence-electron chi connectivity index (χ2n) is 7.48. The van der Waals surface area contributed by atoms with E-state index in [9.17, 15) is 0 Å². The first-order valence-electron chi connectivity index (χ1n) is 8.71. The Morgan fingerprint density at radius 1 is 1.13 bits per heavy atom. The molecule has 4 rings (SSSR count). The lowest BCUT2D eigenvalue weighted by Gasteiger charge is -2.54. The quantitative estimate of drug-likeness (QED) is 0.816. The Balaban J connectivity index is 1.30. The molecule has 2 fully saturated rings. The third-order valence-electron chi connectivity index (χ3n) is 5.55. The molecule has 2 aliphatic heterocycles. The lowest BCUT2D eigenvalue weighted by atomic mass is 9.90. The summed E-state index contributed by atoms with van der Waals surface area (Å²) in [4.78, 5) is 2.54. The molecule has 0 saturated carbocycles. The zero-order valence-electron chi connectivity index (χ0n) is 14.2. The van der Waals surface area contributed by atoms with Crippen LogP contribution < -0.4 is 4.90 Å². The number of nitrogens with zero attached hydrogens (tertiary/aromatic N) is 3. The van der Waals surface area contributed by atoms with Crippen LogP contribution in [-0.4, -0.2) is 48.9 Å². The topological polar surface area (TPSA) is 29.3 Å². The average Bonchev–Trinajstić information content (AvgIpc) is 2.93. The molecular formula is C19H26N3O+. The van der Waals surface area contributed by atoms with Gasteiger partial charge in [-0.2, -0.15) is 0 Å². The number of aryl methyl sites for hydroxylation is 2. The molecule has 0 amide bonds. The van der Waals surface area contributed by atoms with Gasteiger partial charge in [-0.05, 0) is 26.0 Å². The van der Waals surface area contributed by atoms with E-state index >= 15 is 0 Å². The van der Waals surface area contributed by atoms with Crippen molar-refractivity contribution in [3.8, 4) is 0 Å². The van der Waals surface area contributed by atoms with Crippen molar-refractivity contribution in [1.29, 1.82) is 0 Å². The highest BCUT2D eigenvalue weighted by Crippen LogP contribution is 2.31. The van der Waals surface area contributed by atoms with Gasteiger partial charge in [-0.3, -0.25) is 0 Å². The maximum Gasteiger partial charge on any atom is 0.133 e. The van der Waals surface area contributed by atoms with E-state index in [1.54, 1.807) is 0 Å². The molecule has 0 atom stereocenters. The molecule has 0 aliphatic carbocycles. The van der Waals surface area contributed by atoms with Crippen molar-refractivity contribution in [2.45, 2.75) is 20.3 Å². The molecule has 122 valence electrons. The van der Waals surface area contributed by atoms with Crippen molar-refractivity contribution < 1.29 is 9.01 Å². The molecule has 3 heterocycles. The van der Waals surface area contributed by atoms with Crippen molar-refractivity contribution in [2.24, 2.45) is 5.92 Å². The van der Waals surface area contributed by atoms with Crippen LogP contribution in [0.1, 0.15) is 17.0 Å². The minimum absolute atomic E-state index is 0.783. The highest BCUT2D eigenvalue weighted by Gasteiger charge is 2.45. The Morgan fingerprint density at radius 3 is 2.43 bits per heavy atom. The fourth-order valence-electron chi connectivity index (χ4n) is 4.25. The first kappa shape index (κ1) is 14.8. The van der Waals surface area contributed by atoms with Gasteiger partial charge in [0.05, 0.1) is 50.9 Å². The Hall–Kier alpha value is -1.81. The summed E-state index contributed by atoms with van der Waals surface area (Å²) >= 11 is 0. The van der Waals surface area contributed by atoms with Crippen LogP contribution in [0.5, 0.6) is 0 Å². The summed E-state index contributed by atoms with van der Waals surface area (Å²) in [5, 5.41) is 4.14. The largest absolute Gasteiger partial charge is 0.361 e. The zero-order chi connectivity index (χ0) is 15.9. The van der Waals surface area contributed by atoms with Gasteiger partial charge in [-0.15, -0.1) is 0 Å². The average molecular weight is 312 g/mol. The fourth-order valence-corrected chi connectivity index (χ4v) is 4.25. The third kappa shape index (κ3) is 3.00. The summed E-state index contributed by atoms with van der Waals surface area (Å²) in [5.41, 5.74) is 3.84. The molecule has 23 heavy (non-hydrogen) atoms. The predicted octanol–water partition coefficient (Wildman–Crippen LogP) is 2.80. The molecule has 0 bridgehead atoms. The predicted molar refractivity (Wildman–Crippen MR) is 91.6 cm³/mol. The van der Waals surface area contributed by atoms with Crippen LogP contribution in [-0.2, 0) is 6.42 Å². The van der Waals surface area contributed by atoms with Crippen molar-refractivity contribution in [3.05, 3.63) is 47.3 Å². The van der Waals surface area contributed by atoms with Crippen LogP contribution in [0, 0.1) is 19.8 Å². The molecule has 1 aromatic heterocycles. The molecule has 2 aromatic rings. The smallest absolute Gasteiger partial charge is 0.133 e. The second-order valence-corrected chi connectivity index (χ2v) is 7.48. The van der Waals surface area contributed by atoms with E-state index in [2.05, 4.69) is 47.3 Å². The van der Waals surface area contributed by atoms with Crippen molar-refractivity contribution >= 4 is 5.69 Å². The van der Waals surface area contributed by atoms with Crippen molar-refractivity contribution in [2.75, 3.05) is 44.2 Å². The van der Waals surface area contributed by atoms with Gasteiger partial charge in [0.1, 0.15) is 5.76 Å². The monoisotopic (exact) mass is 312 g/mol. The van der Waals surface area contributed by atoms with Gasteiger partial charge in [0.2, 0.25) is 0 Å². The summed E-state index contributed by atoms with van der Waals surface area (Å²) in [6.45, 7) is 11.7. The minimum atomic E-state index is 0.783. The van der Waals surface area contributed by atoms with Crippen LogP contribution in [0.25, 0.3) is 0 Å². The number of hydrogen-bond donors (Lipinski definition) is 0. The standard InChI is InChI=1S/C19H26N3O/c1-15-3-5-19(6-4-15)21-7-9-22(10-8-21)13-17(14-22)12-18-11-16(2)23-20-18/h3-6,11,17H,7-10,12-14H2,1-2H3/q+1. The number of benzene rings is 1. The van der Waals surface area contributed by atoms with Crippen LogP contribution in [0.15, 0.2) is 34.9 Å². The van der Waals surface area contributed by atoms with E-state index in [-0.39, 0.29) is 0 Å². The molecule has 0 radical (unpaired) electrons. The lowest BCUT2D eigenvalue weighted by molar-refractivity contribution is -0.974. The van der Waals surface area contributed by atoms with Gasteiger partial charge >= 0.3 is 0 Å². The summed E-state index contributed by atoms with van der Waals surface area (Å²) in [6, 6.07) is 11.0. The van der Waals surface area contributed by atoms with E-state index < -0.39 is 0 Å². The van der Waals surface area contributed by atoms with Crippen LogP contribution >= 0.6 is 0 Å². The molecule has 0 N–H and O–H groups in total. The first-order chi connectivity index (χ1) is 11.1. The first-order valence-corrected chi connectivity index (χ1v) is 8.71. The SMILES string of the molecule is Cc1ccc(N2CC[N+]3(CC2)CC(Cc2cc(C)on2)C3)cc1. The summed E-state index contributed by atoms with van der Waals surface area (Å²) in [6.07, 6.45) is 1.08. The Bertz CT molecular complexity index is 660. The Kier molecular flexibility index (Phi) is 3.64. The van der Waals surface area contributed by atoms with E-state index in [4.69, 9.17) is 4.52 Å². The van der Waals surface area contributed by atoms with Gasteiger partial charge in [0, 0.05) is 18.2 Å². The molecule has 1 spiro atoms. The molecule has 4 nitrogen and oxygen atoms in total. The van der Waals surface area contributed by atoms with Crippen LogP contribution in [0.4, 0.5) is 5.69 Å². The van der Waals surface area contributed by atoms with Gasteiger partial charge in [0.15, 0.2) is 0 Å². The minimum Gasteiger partial charge on any atom is -0.361 e. The summed E-state index contributed by atoms with van der Waals surface area (Å²) < 4.78 is 6.49. The molecule has 1 aromatic carbocycles. The lowest BCUT2D eigenvalue weighted by Crippen LogP contribution is -2.70. The Morgan fingerprint density at radius 2 is 1.83 bits per heavy atom. The highest BCUT2D eigenvalue weighted by molar-refractivity contribution is 5.47. The number of aromatic nitrogens is 1. The molecule has 2 saturated heterocycles. The van der Waals surface area contributed by atoms with Crippen molar-refractivity contribution in [1.82, 2.24) is 5.16 Å². The van der Waals surface area contributed by atoms with Crippen LogP contribution in [0.3, 0.4) is 0 Å². The molecule has 0 unspecified atom stereocenters. The zero-order valence-corrected chi connectivity index (χ0v) is 14.2. The summed E-state index contributed by atoms with van der Waals surface area (Å²) in [5.74, 6) is 1.71. The Labute approximate surface area is 138 Å². The van der Waals surface area contributed by atoms with Gasteiger partial charge < -0.3 is 13.9 Å². The van der Waals surface area contributed by atoms with E-state index in [1.807, 2.05) is 6.92 Å². The number of hydrogen-bond acceptors (Lipinski definition) is 3. The second kappa shape index (κ2) is 5.68. The van der Waals surface area contributed by atoms with E-state index in [1.165, 1.54) is 55.0 Å². The van der Waals surface area contributed by atoms with Gasteiger partial charge in [-0.1, -0.05) is 22.9 Å². The van der Waals surface area contributed by atoms with Crippen LogP contribution in [0.2, 0.25) is 0 Å². The number of quaternary nitrogens is 1. The summed E-state index contributed by atoms with van der Waals surface area (Å²) in [7, 11) is 0. The normalized spacial score (nSPS) is 20.7. The highest BCUT2D eigenvalue weighted by atomic mass is 16.5. The molecule has 4 heteroatoms. The maximum absolute atomic E-state index is 5.18. The fraction of sp³-hybridized carbons (Fsp3) is 0.526. The van der Waals surface area contributed by atoms with E-state index in [0.717, 1.165) is 23.8 Å².